The summed E-state index contributed by atoms with van der Waals surface area (Å²) >= 11 is 0. The van der Waals surface area contributed by atoms with Crippen LogP contribution in [0.1, 0.15) is 19.3 Å². The molecule has 3 aromatic rings. The maximum absolute atomic E-state index is 14.4. The summed E-state index contributed by atoms with van der Waals surface area (Å²) in [6.07, 6.45) is 3.96. The molecular formula is C21H21F3N4O. The predicted octanol–water partition coefficient (Wildman–Crippen LogP) is 3.46. The Bertz CT molecular complexity index is 1070. The van der Waals surface area contributed by atoms with Crippen molar-refractivity contribution < 1.29 is 18.0 Å². The summed E-state index contributed by atoms with van der Waals surface area (Å²) in [4.78, 5) is 14.6. The average molecular weight is 402 g/mol. The Labute approximate surface area is 165 Å². The number of aromatic nitrogens is 2. The Morgan fingerprint density at radius 1 is 1.10 bits per heavy atom. The Morgan fingerprint density at radius 3 is 2.72 bits per heavy atom. The number of nitrogens with zero attached hydrogens (tertiary/aromatic N) is 3. The van der Waals surface area contributed by atoms with Crippen molar-refractivity contribution in [2.75, 3.05) is 13.1 Å². The zero-order valence-corrected chi connectivity index (χ0v) is 15.7. The number of rotatable bonds is 3. The van der Waals surface area contributed by atoms with Crippen molar-refractivity contribution in [2.24, 2.45) is 5.73 Å². The number of hydrogen-bond donors (Lipinski definition) is 1. The first kappa shape index (κ1) is 19.4. The van der Waals surface area contributed by atoms with E-state index < -0.39 is 23.0 Å². The van der Waals surface area contributed by atoms with E-state index in [0.717, 1.165) is 31.4 Å². The molecule has 0 bridgehead atoms. The van der Waals surface area contributed by atoms with Gasteiger partial charge in [0.2, 0.25) is 5.91 Å². The van der Waals surface area contributed by atoms with Gasteiger partial charge in [-0.15, -0.1) is 0 Å². The fourth-order valence-electron chi connectivity index (χ4n) is 3.84. The van der Waals surface area contributed by atoms with Crippen LogP contribution in [0, 0.1) is 17.5 Å². The van der Waals surface area contributed by atoms with Crippen molar-refractivity contribution in [1.82, 2.24) is 14.7 Å². The number of likely N-dealkylation sites (tertiary alicyclic amines) is 1. The van der Waals surface area contributed by atoms with Crippen LogP contribution >= 0.6 is 0 Å². The number of amides is 1. The second kappa shape index (κ2) is 7.87. The molecule has 0 saturated carbocycles. The molecule has 1 unspecified atom stereocenters. The Hall–Kier alpha value is -2.87. The number of benzene rings is 2. The van der Waals surface area contributed by atoms with E-state index in [0.29, 0.717) is 24.0 Å². The van der Waals surface area contributed by atoms with Gasteiger partial charge in [-0.05, 0) is 31.4 Å². The minimum Gasteiger partial charge on any atom is -0.341 e. The first-order valence-electron chi connectivity index (χ1n) is 9.57. The normalized spacial score (nSPS) is 17.5. The quantitative estimate of drug-likeness (QED) is 0.683. The standard InChI is InChI=1S/C21H21F3N4O/c22-16-6-7-17(23)20(24)19(16)15-5-1-3-13-11-26-28(21(13)15)12-18(29)27-9-2-4-14(25)8-10-27/h1,3,5-7,11,14H,2,4,8-10,12,25H2. The molecule has 2 N–H and O–H groups in total. The number of hydrogen-bond acceptors (Lipinski definition) is 3. The lowest BCUT2D eigenvalue weighted by Crippen LogP contribution is -2.35. The molecule has 1 aliphatic heterocycles. The van der Waals surface area contributed by atoms with Crippen molar-refractivity contribution in [1.29, 1.82) is 0 Å². The van der Waals surface area contributed by atoms with E-state index in [1.54, 1.807) is 17.0 Å². The van der Waals surface area contributed by atoms with Crippen molar-refractivity contribution in [3.63, 3.8) is 0 Å². The highest BCUT2D eigenvalue weighted by molar-refractivity contribution is 5.95. The van der Waals surface area contributed by atoms with E-state index in [1.807, 2.05) is 0 Å². The van der Waals surface area contributed by atoms with E-state index in [2.05, 4.69) is 5.10 Å². The van der Waals surface area contributed by atoms with Crippen molar-refractivity contribution in [2.45, 2.75) is 31.8 Å². The molecule has 2 aromatic carbocycles. The summed E-state index contributed by atoms with van der Waals surface area (Å²) in [7, 11) is 0. The maximum Gasteiger partial charge on any atom is 0.244 e. The zero-order valence-electron chi connectivity index (χ0n) is 15.7. The molecule has 1 amide bonds. The van der Waals surface area contributed by atoms with Gasteiger partial charge in [-0.1, -0.05) is 18.2 Å². The molecule has 1 saturated heterocycles. The van der Waals surface area contributed by atoms with Gasteiger partial charge in [-0.25, -0.2) is 13.2 Å². The molecule has 1 aliphatic rings. The lowest BCUT2D eigenvalue weighted by Gasteiger charge is -2.21. The average Bonchev–Trinajstić information content (AvgIpc) is 2.98. The zero-order chi connectivity index (χ0) is 20.5. The van der Waals surface area contributed by atoms with Crippen LogP contribution in [0.3, 0.4) is 0 Å². The highest BCUT2D eigenvalue weighted by Gasteiger charge is 2.23. The highest BCUT2D eigenvalue weighted by Crippen LogP contribution is 2.33. The van der Waals surface area contributed by atoms with Crippen molar-refractivity contribution in [3.05, 3.63) is 54.0 Å². The van der Waals surface area contributed by atoms with E-state index in [1.165, 1.54) is 16.9 Å². The third-order valence-corrected chi connectivity index (χ3v) is 5.39. The van der Waals surface area contributed by atoms with Crippen LogP contribution in [0.15, 0.2) is 36.5 Å². The van der Waals surface area contributed by atoms with Crippen LogP contribution in [0.25, 0.3) is 22.0 Å². The first-order chi connectivity index (χ1) is 14.0. The van der Waals surface area contributed by atoms with Gasteiger partial charge >= 0.3 is 0 Å². The summed E-state index contributed by atoms with van der Waals surface area (Å²) in [5.41, 5.74) is 6.05. The van der Waals surface area contributed by atoms with Gasteiger partial charge < -0.3 is 10.6 Å². The number of carbonyl (C=O) groups excluding carboxylic acids is 1. The Morgan fingerprint density at radius 2 is 1.90 bits per heavy atom. The van der Waals surface area contributed by atoms with Crippen LogP contribution in [0.2, 0.25) is 0 Å². The summed E-state index contributed by atoms with van der Waals surface area (Å²) in [6.45, 7) is 1.11. The smallest absolute Gasteiger partial charge is 0.244 e. The second-order valence-corrected chi connectivity index (χ2v) is 7.34. The maximum atomic E-state index is 14.4. The summed E-state index contributed by atoms with van der Waals surface area (Å²) in [5.74, 6) is -3.42. The molecule has 5 nitrogen and oxygen atoms in total. The van der Waals surface area contributed by atoms with Crippen molar-refractivity contribution in [3.8, 4) is 11.1 Å². The minimum absolute atomic E-state index is 0.0751. The summed E-state index contributed by atoms with van der Waals surface area (Å²) in [5, 5.41) is 4.85. The molecule has 152 valence electrons. The number of fused-ring (bicyclic) bond motifs is 1. The number of nitrogens with two attached hydrogens (primary N) is 1. The van der Waals surface area contributed by atoms with Crippen molar-refractivity contribution >= 4 is 16.8 Å². The Balaban J connectivity index is 1.73. The van der Waals surface area contributed by atoms with Crippen LogP contribution in [0.4, 0.5) is 13.2 Å². The Kier molecular flexibility index (Phi) is 5.27. The third-order valence-electron chi connectivity index (χ3n) is 5.39. The molecule has 0 radical (unpaired) electrons. The summed E-state index contributed by atoms with van der Waals surface area (Å²) < 4.78 is 44.0. The topological polar surface area (TPSA) is 64.2 Å². The number of para-hydroxylation sites is 1. The van der Waals surface area contributed by atoms with Gasteiger partial charge in [-0.2, -0.15) is 5.10 Å². The number of carbonyl (C=O) groups is 1. The molecule has 8 heteroatoms. The number of halogens is 3. The fourth-order valence-corrected chi connectivity index (χ4v) is 3.84. The van der Waals surface area contributed by atoms with Crippen LogP contribution in [-0.4, -0.2) is 39.7 Å². The summed E-state index contributed by atoms with van der Waals surface area (Å²) in [6, 6.07) is 6.57. The van der Waals surface area contributed by atoms with Gasteiger partial charge in [0.05, 0.1) is 17.3 Å². The van der Waals surface area contributed by atoms with Crippen LogP contribution in [0.5, 0.6) is 0 Å². The van der Waals surface area contributed by atoms with Gasteiger partial charge in [0, 0.05) is 30.1 Å². The largest absolute Gasteiger partial charge is 0.341 e. The fraction of sp³-hybridized carbons (Fsp3) is 0.333. The second-order valence-electron chi connectivity index (χ2n) is 7.34. The first-order valence-corrected chi connectivity index (χ1v) is 9.57. The lowest BCUT2D eigenvalue weighted by atomic mass is 10.0. The van der Waals surface area contributed by atoms with E-state index in [9.17, 15) is 18.0 Å². The van der Waals surface area contributed by atoms with E-state index in [4.69, 9.17) is 5.73 Å². The molecule has 1 fully saturated rings. The SMILES string of the molecule is NC1CCCN(C(=O)Cn2ncc3cccc(-c4c(F)ccc(F)c4F)c32)CC1. The minimum atomic E-state index is -1.27. The van der Waals surface area contributed by atoms with Gasteiger partial charge in [0.15, 0.2) is 11.6 Å². The van der Waals surface area contributed by atoms with E-state index in [-0.39, 0.29) is 24.1 Å². The predicted molar refractivity (Wildman–Crippen MR) is 103 cm³/mol. The van der Waals surface area contributed by atoms with Gasteiger partial charge in [0.25, 0.3) is 0 Å². The van der Waals surface area contributed by atoms with Crippen LogP contribution in [-0.2, 0) is 11.3 Å². The molecule has 0 spiro atoms. The monoisotopic (exact) mass is 402 g/mol. The third kappa shape index (κ3) is 3.72. The van der Waals surface area contributed by atoms with Gasteiger partial charge in [0.1, 0.15) is 12.4 Å². The van der Waals surface area contributed by atoms with Gasteiger partial charge in [-0.3, -0.25) is 9.48 Å². The molecule has 29 heavy (non-hydrogen) atoms. The molecule has 0 aliphatic carbocycles. The highest BCUT2D eigenvalue weighted by atomic mass is 19.2. The molecular weight excluding hydrogens is 381 g/mol. The molecule has 2 heterocycles. The van der Waals surface area contributed by atoms with E-state index >= 15 is 0 Å². The lowest BCUT2D eigenvalue weighted by molar-refractivity contribution is -0.131. The molecule has 1 atom stereocenters. The van der Waals surface area contributed by atoms with Crippen LogP contribution < -0.4 is 5.73 Å². The molecule has 1 aromatic heterocycles. The molecule has 4 rings (SSSR count).